The Labute approximate surface area is 92.9 Å². The Balaban J connectivity index is 2.56. The van der Waals surface area contributed by atoms with Gasteiger partial charge in [-0.2, -0.15) is 0 Å². The summed E-state index contributed by atoms with van der Waals surface area (Å²) in [4.78, 5) is 6.16. The van der Waals surface area contributed by atoms with Gasteiger partial charge in [0.25, 0.3) is 0 Å². The predicted octanol–water partition coefficient (Wildman–Crippen LogP) is 1.83. The van der Waals surface area contributed by atoms with E-state index in [9.17, 15) is 5.11 Å². The average Bonchev–Trinajstić information content (AvgIpc) is 2.14. The Hall–Kier alpha value is -0.450. The second-order valence-corrected chi connectivity index (χ2v) is 4.42. The van der Waals surface area contributed by atoms with Crippen LogP contribution in [0.4, 0.5) is 0 Å². The SMILES string of the molecule is CN(C)CCC(O)c1cc(Br)ccn1. The maximum Gasteiger partial charge on any atom is 0.0972 e. The van der Waals surface area contributed by atoms with Crippen LogP contribution in [-0.2, 0) is 0 Å². The van der Waals surface area contributed by atoms with Gasteiger partial charge in [0.15, 0.2) is 0 Å². The van der Waals surface area contributed by atoms with Gasteiger partial charge >= 0.3 is 0 Å². The van der Waals surface area contributed by atoms with Crippen molar-refractivity contribution < 1.29 is 5.11 Å². The zero-order chi connectivity index (χ0) is 10.6. The van der Waals surface area contributed by atoms with Gasteiger partial charge in [0, 0.05) is 17.2 Å². The summed E-state index contributed by atoms with van der Waals surface area (Å²) >= 11 is 3.35. The monoisotopic (exact) mass is 258 g/mol. The molecule has 0 saturated heterocycles. The van der Waals surface area contributed by atoms with Crippen LogP contribution in [0, 0.1) is 0 Å². The highest BCUT2D eigenvalue weighted by Gasteiger charge is 2.09. The molecule has 4 heteroatoms. The third kappa shape index (κ3) is 3.74. The molecule has 1 N–H and O–H groups in total. The number of aliphatic hydroxyl groups excluding tert-OH is 1. The molecule has 78 valence electrons. The first-order valence-corrected chi connectivity index (χ1v) is 5.33. The van der Waals surface area contributed by atoms with Crippen molar-refractivity contribution in [2.24, 2.45) is 0 Å². The second kappa shape index (κ2) is 5.44. The van der Waals surface area contributed by atoms with E-state index in [2.05, 4.69) is 20.9 Å². The van der Waals surface area contributed by atoms with Crippen molar-refractivity contribution in [3.63, 3.8) is 0 Å². The summed E-state index contributed by atoms with van der Waals surface area (Å²) in [6.07, 6.45) is 1.92. The Morgan fingerprint density at radius 2 is 2.29 bits per heavy atom. The van der Waals surface area contributed by atoms with Gasteiger partial charge in [0.2, 0.25) is 0 Å². The molecule has 1 rings (SSSR count). The highest BCUT2D eigenvalue weighted by atomic mass is 79.9. The van der Waals surface area contributed by atoms with E-state index >= 15 is 0 Å². The van der Waals surface area contributed by atoms with Gasteiger partial charge in [-0.1, -0.05) is 15.9 Å². The van der Waals surface area contributed by atoms with Crippen LogP contribution < -0.4 is 0 Å². The van der Waals surface area contributed by atoms with E-state index in [-0.39, 0.29) is 0 Å². The van der Waals surface area contributed by atoms with Crippen LogP contribution in [0.1, 0.15) is 18.2 Å². The topological polar surface area (TPSA) is 36.4 Å². The molecule has 0 aliphatic rings. The Kier molecular flexibility index (Phi) is 4.51. The Morgan fingerprint density at radius 3 is 2.86 bits per heavy atom. The number of hydrogen-bond acceptors (Lipinski definition) is 3. The molecule has 0 spiro atoms. The molecule has 14 heavy (non-hydrogen) atoms. The van der Waals surface area contributed by atoms with Crippen LogP contribution in [0.15, 0.2) is 22.8 Å². The minimum atomic E-state index is -0.477. The lowest BCUT2D eigenvalue weighted by Gasteiger charge is -2.13. The molecular formula is C10H15BrN2O. The fourth-order valence-electron chi connectivity index (χ4n) is 1.13. The van der Waals surface area contributed by atoms with Crippen molar-refractivity contribution in [1.29, 1.82) is 0 Å². The van der Waals surface area contributed by atoms with Gasteiger partial charge in [-0.3, -0.25) is 4.98 Å². The summed E-state index contributed by atoms with van der Waals surface area (Å²) in [6.45, 7) is 0.857. The summed E-state index contributed by atoms with van der Waals surface area (Å²) in [7, 11) is 3.97. The molecule has 0 aliphatic carbocycles. The lowest BCUT2D eigenvalue weighted by molar-refractivity contribution is 0.150. The summed E-state index contributed by atoms with van der Waals surface area (Å²) in [5.74, 6) is 0. The quantitative estimate of drug-likeness (QED) is 0.896. The third-order valence-electron chi connectivity index (χ3n) is 1.93. The van der Waals surface area contributed by atoms with E-state index in [1.807, 2.05) is 31.1 Å². The molecule has 1 aromatic heterocycles. The smallest absolute Gasteiger partial charge is 0.0972 e. The zero-order valence-electron chi connectivity index (χ0n) is 8.44. The average molecular weight is 259 g/mol. The summed E-state index contributed by atoms with van der Waals surface area (Å²) < 4.78 is 0.950. The van der Waals surface area contributed by atoms with Gasteiger partial charge in [0.1, 0.15) is 0 Å². The standard InChI is InChI=1S/C10H15BrN2O/c1-13(2)6-4-10(14)9-7-8(11)3-5-12-9/h3,5,7,10,14H,4,6H2,1-2H3. The largest absolute Gasteiger partial charge is 0.387 e. The molecule has 1 unspecified atom stereocenters. The highest BCUT2D eigenvalue weighted by Crippen LogP contribution is 2.17. The number of pyridine rings is 1. The van der Waals surface area contributed by atoms with Crippen molar-refractivity contribution in [2.75, 3.05) is 20.6 Å². The number of hydrogen-bond donors (Lipinski definition) is 1. The van der Waals surface area contributed by atoms with Crippen LogP contribution in [0.2, 0.25) is 0 Å². The number of aliphatic hydroxyl groups is 1. The minimum Gasteiger partial charge on any atom is -0.387 e. The number of aromatic nitrogens is 1. The van der Waals surface area contributed by atoms with Crippen LogP contribution >= 0.6 is 15.9 Å². The normalized spacial score (nSPS) is 13.2. The number of halogens is 1. The van der Waals surface area contributed by atoms with Crippen molar-refractivity contribution in [2.45, 2.75) is 12.5 Å². The Bertz CT molecular complexity index is 291. The molecule has 0 fully saturated rings. The first-order valence-electron chi connectivity index (χ1n) is 4.54. The molecule has 0 amide bonds. The minimum absolute atomic E-state index is 0.477. The lowest BCUT2D eigenvalue weighted by Crippen LogP contribution is -2.16. The van der Waals surface area contributed by atoms with E-state index in [4.69, 9.17) is 0 Å². The molecule has 0 aliphatic heterocycles. The molecule has 1 atom stereocenters. The first kappa shape index (κ1) is 11.6. The maximum absolute atomic E-state index is 9.78. The maximum atomic E-state index is 9.78. The van der Waals surface area contributed by atoms with Gasteiger partial charge < -0.3 is 10.0 Å². The fourth-order valence-corrected chi connectivity index (χ4v) is 1.48. The molecule has 3 nitrogen and oxygen atoms in total. The van der Waals surface area contributed by atoms with Crippen LogP contribution in [-0.4, -0.2) is 35.6 Å². The second-order valence-electron chi connectivity index (χ2n) is 3.51. The van der Waals surface area contributed by atoms with E-state index < -0.39 is 6.10 Å². The lowest BCUT2D eigenvalue weighted by atomic mass is 10.1. The van der Waals surface area contributed by atoms with Gasteiger partial charge in [-0.15, -0.1) is 0 Å². The van der Waals surface area contributed by atoms with Gasteiger partial charge in [-0.05, 0) is 32.6 Å². The molecule has 1 aromatic rings. The Morgan fingerprint density at radius 1 is 1.57 bits per heavy atom. The molecule has 0 saturated carbocycles. The molecule has 1 heterocycles. The molecule has 0 aromatic carbocycles. The highest BCUT2D eigenvalue weighted by molar-refractivity contribution is 9.10. The third-order valence-corrected chi connectivity index (χ3v) is 2.43. The van der Waals surface area contributed by atoms with E-state index in [0.29, 0.717) is 6.42 Å². The zero-order valence-corrected chi connectivity index (χ0v) is 10.0. The van der Waals surface area contributed by atoms with Gasteiger partial charge in [0.05, 0.1) is 11.8 Å². The number of rotatable bonds is 4. The van der Waals surface area contributed by atoms with Crippen LogP contribution in [0.25, 0.3) is 0 Å². The summed E-state index contributed by atoms with van der Waals surface area (Å²) in [5.41, 5.74) is 0.723. The van der Waals surface area contributed by atoms with Crippen molar-refractivity contribution in [3.8, 4) is 0 Å². The summed E-state index contributed by atoms with van der Waals surface area (Å²) in [5, 5.41) is 9.78. The summed E-state index contributed by atoms with van der Waals surface area (Å²) in [6, 6.07) is 3.70. The van der Waals surface area contributed by atoms with Crippen molar-refractivity contribution >= 4 is 15.9 Å². The van der Waals surface area contributed by atoms with Crippen molar-refractivity contribution in [3.05, 3.63) is 28.5 Å². The fraction of sp³-hybridized carbons (Fsp3) is 0.500. The molecule has 0 radical (unpaired) electrons. The van der Waals surface area contributed by atoms with E-state index in [1.165, 1.54) is 0 Å². The van der Waals surface area contributed by atoms with Crippen LogP contribution in [0.5, 0.6) is 0 Å². The molecule has 0 bridgehead atoms. The number of nitrogens with zero attached hydrogens (tertiary/aromatic N) is 2. The van der Waals surface area contributed by atoms with E-state index in [1.54, 1.807) is 6.20 Å². The van der Waals surface area contributed by atoms with E-state index in [0.717, 1.165) is 16.7 Å². The first-order chi connectivity index (χ1) is 6.59. The predicted molar refractivity (Wildman–Crippen MR) is 60.1 cm³/mol. The van der Waals surface area contributed by atoms with Gasteiger partial charge in [-0.25, -0.2) is 0 Å². The molecular weight excluding hydrogens is 244 g/mol. The van der Waals surface area contributed by atoms with Crippen LogP contribution in [0.3, 0.4) is 0 Å². The van der Waals surface area contributed by atoms with Crippen molar-refractivity contribution in [1.82, 2.24) is 9.88 Å².